The van der Waals surface area contributed by atoms with Crippen LogP contribution in [0.5, 0.6) is 0 Å². The van der Waals surface area contributed by atoms with E-state index >= 15 is 0 Å². The molecule has 0 aliphatic heterocycles. The molecule has 0 nitrogen and oxygen atoms in total. The summed E-state index contributed by atoms with van der Waals surface area (Å²) in [5.41, 5.74) is 5.72. The summed E-state index contributed by atoms with van der Waals surface area (Å²) < 4.78 is 0. The first-order valence-corrected chi connectivity index (χ1v) is 10.9. The van der Waals surface area contributed by atoms with Gasteiger partial charge in [0, 0.05) is 0 Å². The van der Waals surface area contributed by atoms with E-state index in [0.29, 0.717) is 0 Å². The number of benzene rings is 2. The number of aryl methyl sites for hydroxylation is 2. The Balaban J connectivity index is 2.27. The Morgan fingerprint density at radius 1 is 0.783 bits per heavy atom. The molecule has 23 heavy (non-hydrogen) atoms. The van der Waals surface area contributed by atoms with Gasteiger partial charge >= 0.3 is 0 Å². The SMILES string of the molecule is CC1=CCC([Si](C)(c2ccccc2)c2cc(C)cc(C)c2)=C1C. The molecule has 0 saturated heterocycles. The van der Waals surface area contributed by atoms with E-state index in [9.17, 15) is 0 Å². The molecule has 0 bridgehead atoms. The lowest BCUT2D eigenvalue weighted by Crippen LogP contribution is -2.57. The Morgan fingerprint density at radius 2 is 1.39 bits per heavy atom. The summed E-state index contributed by atoms with van der Waals surface area (Å²) in [5, 5.41) is 4.73. The van der Waals surface area contributed by atoms with E-state index in [4.69, 9.17) is 0 Å². The van der Waals surface area contributed by atoms with Crippen LogP contribution >= 0.6 is 0 Å². The second kappa shape index (κ2) is 5.97. The number of hydrogen-bond donors (Lipinski definition) is 0. The zero-order valence-electron chi connectivity index (χ0n) is 14.9. The van der Waals surface area contributed by atoms with E-state index in [2.05, 4.69) is 88.8 Å². The number of allylic oxidation sites excluding steroid dienone is 4. The van der Waals surface area contributed by atoms with Crippen molar-refractivity contribution < 1.29 is 0 Å². The molecule has 118 valence electrons. The van der Waals surface area contributed by atoms with Crippen LogP contribution in [-0.2, 0) is 0 Å². The molecular formula is C22H26Si. The zero-order chi connectivity index (χ0) is 16.6. The van der Waals surface area contributed by atoms with E-state index < -0.39 is 8.07 Å². The van der Waals surface area contributed by atoms with Crippen LogP contribution < -0.4 is 10.4 Å². The Bertz CT molecular complexity index is 776. The quantitative estimate of drug-likeness (QED) is 0.720. The van der Waals surface area contributed by atoms with Gasteiger partial charge in [0.25, 0.3) is 0 Å². The molecule has 0 radical (unpaired) electrons. The largest absolute Gasteiger partial charge is 0.141 e. The lowest BCUT2D eigenvalue weighted by atomic mass is 10.2. The van der Waals surface area contributed by atoms with Crippen LogP contribution in [0.15, 0.2) is 70.9 Å². The van der Waals surface area contributed by atoms with Crippen LogP contribution in [0.3, 0.4) is 0 Å². The maximum atomic E-state index is 2.53. The molecule has 0 fully saturated rings. The molecule has 0 saturated carbocycles. The van der Waals surface area contributed by atoms with Crippen molar-refractivity contribution in [3.63, 3.8) is 0 Å². The van der Waals surface area contributed by atoms with E-state index in [1.807, 2.05) is 0 Å². The number of hydrogen-bond acceptors (Lipinski definition) is 0. The summed E-state index contributed by atoms with van der Waals surface area (Å²) in [6, 6.07) is 18.3. The molecule has 0 amide bonds. The minimum absolute atomic E-state index is 1.11. The molecule has 0 N–H and O–H groups in total. The van der Waals surface area contributed by atoms with Crippen molar-refractivity contribution in [1.82, 2.24) is 0 Å². The van der Waals surface area contributed by atoms with E-state index in [0.717, 1.165) is 6.42 Å². The van der Waals surface area contributed by atoms with Crippen molar-refractivity contribution >= 4 is 18.4 Å². The summed E-state index contributed by atoms with van der Waals surface area (Å²) >= 11 is 0. The Hall–Kier alpha value is -1.86. The third-order valence-corrected chi connectivity index (χ3v) is 10.1. The third-order valence-electron chi connectivity index (χ3n) is 5.41. The van der Waals surface area contributed by atoms with Crippen molar-refractivity contribution in [2.24, 2.45) is 0 Å². The van der Waals surface area contributed by atoms with Crippen molar-refractivity contribution in [3.05, 3.63) is 82.1 Å². The van der Waals surface area contributed by atoms with Crippen LogP contribution in [0, 0.1) is 13.8 Å². The first kappa shape index (κ1) is 16.0. The normalized spacial score (nSPS) is 17.2. The van der Waals surface area contributed by atoms with Gasteiger partial charge in [0.1, 0.15) is 8.07 Å². The maximum Gasteiger partial charge on any atom is 0.141 e. The molecule has 3 rings (SSSR count). The molecule has 2 aromatic carbocycles. The van der Waals surface area contributed by atoms with Crippen LogP contribution in [-0.4, -0.2) is 8.07 Å². The fourth-order valence-corrected chi connectivity index (χ4v) is 8.31. The number of rotatable bonds is 3. The Labute approximate surface area is 141 Å². The van der Waals surface area contributed by atoms with Gasteiger partial charge in [-0.15, -0.1) is 0 Å². The monoisotopic (exact) mass is 318 g/mol. The lowest BCUT2D eigenvalue weighted by molar-refractivity contribution is 1.32. The molecule has 0 spiro atoms. The topological polar surface area (TPSA) is 0 Å². The highest BCUT2D eigenvalue weighted by molar-refractivity contribution is 7.06. The van der Waals surface area contributed by atoms with Crippen molar-refractivity contribution in [2.75, 3.05) is 0 Å². The molecule has 0 aromatic heterocycles. The third kappa shape index (κ3) is 2.74. The second-order valence-electron chi connectivity index (χ2n) is 7.06. The minimum Gasteiger partial charge on any atom is -0.0776 e. The molecule has 1 atom stereocenters. The van der Waals surface area contributed by atoms with Gasteiger partial charge in [0.2, 0.25) is 0 Å². The maximum absolute atomic E-state index is 2.53. The van der Waals surface area contributed by atoms with Gasteiger partial charge < -0.3 is 0 Å². The average Bonchev–Trinajstić information content (AvgIpc) is 2.86. The molecular weight excluding hydrogens is 292 g/mol. The second-order valence-corrected chi connectivity index (χ2v) is 11.1. The highest BCUT2D eigenvalue weighted by atomic mass is 28.3. The van der Waals surface area contributed by atoms with Gasteiger partial charge in [-0.05, 0) is 44.5 Å². The Morgan fingerprint density at radius 3 is 1.91 bits per heavy atom. The Kier molecular flexibility index (Phi) is 4.16. The summed E-state index contributed by atoms with van der Waals surface area (Å²) in [6.07, 6.45) is 3.52. The van der Waals surface area contributed by atoms with Crippen LogP contribution in [0.4, 0.5) is 0 Å². The van der Waals surface area contributed by atoms with Crippen molar-refractivity contribution in [3.8, 4) is 0 Å². The van der Waals surface area contributed by atoms with Gasteiger partial charge in [-0.2, -0.15) is 0 Å². The molecule has 2 aromatic rings. The lowest BCUT2D eigenvalue weighted by Gasteiger charge is -2.32. The smallest absolute Gasteiger partial charge is 0.0776 e. The van der Waals surface area contributed by atoms with Crippen molar-refractivity contribution in [1.29, 1.82) is 0 Å². The van der Waals surface area contributed by atoms with Gasteiger partial charge in [-0.1, -0.05) is 88.6 Å². The molecule has 1 heteroatoms. The first-order valence-electron chi connectivity index (χ1n) is 8.44. The highest BCUT2D eigenvalue weighted by Gasteiger charge is 2.38. The fraction of sp³-hybridized carbons (Fsp3) is 0.273. The summed E-state index contributed by atoms with van der Waals surface area (Å²) in [6.45, 7) is 11.5. The van der Waals surface area contributed by atoms with Gasteiger partial charge in [-0.25, -0.2) is 0 Å². The minimum atomic E-state index is -1.91. The predicted octanol–water partition coefficient (Wildman–Crippen LogP) is 4.70. The van der Waals surface area contributed by atoms with E-state index in [1.165, 1.54) is 27.5 Å². The predicted molar refractivity (Wildman–Crippen MR) is 104 cm³/mol. The standard InChI is InChI=1S/C22H26Si/c1-16-13-17(2)15-21(14-16)23(5,20-9-7-6-8-10-20)22-12-11-18(3)19(22)4/h6-11,13-15H,12H2,1-5H3. The van der Waals surface area contributed by atoms with E-state index in [-0.39, 0.29) is 0 Å². The molecule has 1 aliphatic rings. The van der Waals surface area contributed by atoms with Gasteiger partial charge in [-0.3, -0.25) is 0 Å². The zero-order valence-corrected chi connectivity index (χ0v) is 15.9. The van der Waals surface area contributed by atoms with Crippen LogP contribution in [0.2, 0.25) is 6.55 Å². The first-order chi connectivity index (χ1) is 10.9. The highest BCUT2D eigenvalue weighted by Crippen LogP contribution is 2.32. The average molecular weight is 319 g/mol. The van der Waals surface area contributed by atoms with Crippen molar-refractivity contribution in [2.45, 2.75) is 40.7 Å². The van der Waals surface area contributed by atoms with Gasteiger partial charge in [0.15, 0.2) is 0 Å². The summed E-state index contributed by atoms with van der Waals surface area (Å²) in [5.74, 6) is 0. The van der Waals surface area contributed by atoms with Crippen LogP contribution in [0.25, 0.3) is 0 Å². The van der Waals surface area contributed by atoms with E-state index in [1.54, 1.807) is 10.4 Å². The van der Waals surface area contributed by atoms with Crippen LogP contribution in [0.1, 0.15) is 31.4 Å². The van der Waals surface area contributed by atoms with Gasteiger partial charge in [0.05, 0.1) is 0 Å². The summed E-state index contributed by atoms with van der Waals surface area (Å²) in [4.78, 5) is 0. The molecule has 1 aliphatic carbocycles. The summed E-state index contributed by atoms with van der Waals surface area (Å²) in [7, 11) is -1.91. The molecule has 1 unspecified atom stereocenters. The fourth-order valence-electron chi connectivity index (χ4n) is 3.93. The molecule has 0 heterocycles.